The lowest BCUT2D eigenvalue weighted by Gasteiger charge is -2.21. The normalized spacial score (nSPS) is 21.6. The van der Waals surface area contributed by atoms with Crippen molar-refractivity contribution in [2.45, 2.75) is 19.8 Å². The molecule has 0 saturated carbocycles. The Hall–Kier alpha value is -1.95. The second kappa shape index (κ2) is 6.00. The van der Waals surface area contributed by atoms with Crippen molar-refractivity contribution in [3.63, 3.8) is 0 Å². The average Bonchev–Trinajstić information content (AvgIpc) is 2.87. The third-order valence-electron chi connectivity index (χ3n) is 3.76. The van der Waals surface area contributed by atoms with E-state index in [2.05, 4.69) is 10.6 Å². The molecular weight excluding hydrogens is 258 g/mol. The van der Waals surface area contributed by atoms with Crippen molar-refractivity contribution < 1.29 is 9.72 Å². The lowest BCUT2D eigenvalue weighted by molar-refractivity contribution is -0.384. The summed E-state index contributed by atoms with van der Waals surface area (Å²) < 4.78 is 0. The molecule has 1 unspecified atom stereocenters. The van der Waals surface area contributed by atoms with Crippen LogP contribution >= 0.6 is 0 Å². The quantitative estimate of drug-likeness (QED) is 0.626. The van der Waals surface area contributed by atoms with Crippen LogP contribution in [0.15, 0.2) is 24.3 Å². The van der Waals surface area contributed by atoms with Crippen molar-refractivity contribution in [1.29, 1.82) is 0 Å². The molecule has 108 valence electrons. The van der Waals surface area contributed by atoms with Gasteiger partial charge in [-0.1, -0.05) is 12.1 Å². The van der Waals surface area contributed by atoms with E-state index in [9.17, 15) is 14.9 Å². The molecule has 1 amide bonds. The summed E-state index contributed by atoms with van der Waals surface area (Å²) in [4.78, 5) is 22.2. The van der Waals surface area contributed by atoms with Crippen LogP contribution in [-0.4, -0.2) is 30.5 Å². The van der Waals surface area contributed by atoms with E-state index in [0.717, 1.165) is 25.1 Å². The lowest BCUT2D eigenvalue weighted by Crippen LogP contribution is -2.41. The van der Waals surface area contributed by atoms with Gasteiger partial charge in [0.15, 0.2) is 0 Å². The van der Waals surface area contributed by atoms with E-state index in [1.54, 1.807) is 12.1 Å². The molecule has 2 rings (SSSR count). The highest BCUT2D eigenvalue weighted by molar-refractivity contribution is 5.82. The molecule has 0 spiro atoms. The minimum atomic E-state index is -0.417. The number of hydrogen-bond acceptors (Lipinski definition) is 4. The number of carbonyl (C=O) groups excluding carboxylic acids is 1. The second-order valence-electron chi connectivity index (χ2n) is 5.42. The van der Waals surface area contributed by atoms with E-state index < -0.39 is 4.92 Å². The Bertz CT molecular complexity index is 493. The molecule has 1 saturated heterocycles. The molecule has 20 heavy (non-hydrogen) atoms. The van der Waals surface area contributed by atoms with E-state index >= 15 is 0 Å². The number of rotatable bonds is 5. The first-order valence-corrected chi connectivity index (χ1v) is 6.74. The first-order chi connectivity index (χ1) is 9.51. The molecule has 0 radical (unpaired) electrons. The number of nitrogens with zero attached hydrogens (tertiary/aromatic N) is 1. The summed E-state index contributed by atoms with van der Waals surface area (Å²) in [5.74, 6) is 0.0735. The Morgan fingerprint density at radius 1 is 1.45 bits per heavy atom. The van der Waals surface area contributed by atoms with Gasteiger partial charge in [-0.2, -0.15) is 0 Å². The summed E-state index contributed by atoms with van der Waals surface area (Å²) in [7, 11) is 0. The van der Waals surface area contributed by atoms with Crippen LogP contribution in [-0.2, 0) is 11.2 Å². The highest BCUT2D eigenvalue weighted by Crippen LogP contribution is 2.24. The van der Waals surface area contributed by atoms with Crippen molar-refractivity contribution in [3.05, 3.63) is 39.9 Å². The molecule has 1 aromatic carbocycles. The Morgan fingerprint density at radius 2 is 2.15 bits per heavy atom. The standard InChI is InChI=1S/C14H19N3O3/c1-14(7-9-15-10-14)13(18)16-8-6-11-2-4-12(5-3-11)17(19)20/h2-5,15H,6-10H2,1H3,(H,16,18). The Labute approximate surface area is 117 Å². The predicted molar refractivity (Wildman–Crippen MR) is 75.4 cm³/mol. The van der Waals surface area contributed by atoms with E-state index in [1.165, 1.54) is 12.1 Å². The summed E-state index contributed by atoms with van der Waals surface area (Å²) >= 11 is 0. The third-order valence-corrected chi connectivity index (χ3v) is 3.76. The van der Waals surface area contributed by atoms with Crippen LogP contribution in [0.1, 0.15) is 18.9 Å². The summed E-state index contributed by atoms with van der Waals surface area (Å²) in [6.45, 7) is 4.11. The molecule has 1 aliphatic rings. The highest BCUT2D eigenvalue weighted by atomic mass is 16.6. The van der Waals surface area contributed by atoms with Crippen molar-refractivity contribution >= 4 is 11.6 Å². The van der Waals surface area contributed by atoms with Gasteiger partial charge >= 0.3 is 0 Å². The smallest absolute Gasteiger partial charge is 0.269 e. The van der Waals surface area contributed by atoms with Crippen molar-refractivity contribution in [2.24, 2.45) is 5.41 Å². The number of hydrogen-bond donors (Lipinski definition) is 2. The Morgan fingerprint density at radius 3 is 2.70 bits per heavy atom. The number of nitro benzene ring substituents is 1. The van der Waals surface area contributed by atoms with E-state index in [0.29, 0.717) is 13.0 Å². The number of non-ortho nitro benzene ring substituents is 1. The number of amides is 1. The van der Waals surface area contributed by atoms with Gasteiger partial charge in [-0.05, 0) is 31.9 Å². The molecule has 1 atom stereocenters. The highest BCUT2D eigenvalue weighted by Gasteiger charge is 2.35. The number of benzene rings is 1. The van der Waals surface area contributed by atoms with Crippen LogP contribution in [0, 0.1) is 15.5 Å². The van der Waals surface area contributed by atoms with Gasteiger partial charge in [-0.25, -0.2) is 0 Å². The van der Waals surface area contributed by atoms with Gasteiger partial charge < -0.3 is 10.6 Å². The van der Waals surface area contributed by atoms with Gasteiger partial charge in [0.25, 0.3) is 5.69 Å². The third kappa shape index (κ3) is 3.33. The number of nitro groups is 1. The maximum absolute atomic E-state index is 12.1. The topological polar surface area (TPSA) is 84.3 Å². The SMILES string of the molecule is CC1(C(=O)NCCc2ccc([N+](=O)[O-])cc2)CCNC1. The molecular formula is C14H19N3O3. The molecule has 0 aromatic heterocycles. The summed E-state index contributed by atoms with van der Waals surface area (Å²) in [6, 6.07) is 6.42. The first-order valence-electron chi connectivity index (χ1n) is 6.74. The first kappa shape index (κ1) is 14.5. The summed E-state index contributed by atoms with van der Waals surface area (Å²) in [5.41, 5.74) is 0.753. The summed E-state index contributed by atoms with van der Waals surface area (Å²) in [5, 5.41) is 16.7. The average molecular weight is 277 g/mol. The van der Waals surface area contributed by atoms with Crippen molar-refractivity contribution in [2.75, 3.05) is 19.6 Å². The maximum Gasteiger partial charge on any atom is 0.269 e. The van der Waals surface area contributed by atoms with Gasteiger partial charge in [0.2, 0.25) is 5.91 Å². The number of nitrogens with one attached hydrogen (secondary N) is 2. The van der Waals surface area contributed by atoms with Gasteiger partial charge in [-0.15, -0.1) is 0 Å². The van der Waals surface area contributed by atoms with Gasteiger partial charge in [-0.3, -0.25) is 14.9 Å². The van der Waals surface area contributed by atoms with Gasteiger partial charge in [0, 0.05) is 25.2 Å². The second-order valence-corrected chi connectivity index (χ2v) is 5.42. The van der Waals surface area contributed by atoms with E-state index in [-0.39, 0.29) is 17.0 Å². The van der Waals surface area contributed by atoms with Crippen LogP contribution in [0.2, 0.25) is 0 Å². The van der Waals surface area contributed by atoms with E-state index in [1.807, 2.05) is 6.92 Å². The Kier molecular flexibility index (Phi) is 4.34. The molecule has 0 bridgehead atoms. The van der Waals surface area contributed by atoms with Gasteiger partial charge in [0.05, 0.1) is 10.3 Å². The van der Waals surface area contributed by atoms with Crippen LogP contribution in [0.5, 0.6) is 0 Å². The number of carbonyl (C=O) groups is 1. The maximum atomic E-state index is 12.1. The molecule has 1 aromatic rings. The molecule has 1 heterocycles. The molecule has 2 N–H and O–H groups in total. The largest absolute Gasteiger partial charge is 0.355 e. The summed E-state index contributed by atoms with van der Waals surface area (Å²) in [6.07, 6.45) is 1.53. The van der Waals surface area contributed by atoms with Crippen LogP contribution < -0.4 is 10.6 Å². The fraction of sp³-hybridized carbons (Fsp3) is 0.500. The lowest BCUT2D eigenvalue weighted by atomic mass is 9.89. The fourth-order valence-electron chi connectivity index (χ4n) is 2.33. The fourth-order valence-corrected chi connectivity index (χ4v) is 2.33. The zero-order chi connectivity index (χ0) is 14.6. The van der Waals surface area contributed by atoms with E-state index in [4.69, 9.17) is 0 Å². The monoisotopic (exact) mass is 277 g/mol. The molecule has 1 aliphatic heterocycles. The zero-order valence-corrected chi connectivity index (χ0v) is 11.5. The predicted octanol–water partition coefficient (Wildman–Crippen LogP) is 1.25. The molecule has 1 fully saturated rings. The van der Waals surface area contributed by atoms with Crippen LogP contribution in [0.4, 0.5) is 5.69 Å². The Balaban J connectivity index is 1.81. The van der Waals surface area contributed by atoms with Crippen molar-refractivity contribution in [3.8, 4) is 0 Å². The minimum absolute atomic E-state index is 0.0735. The molecule has 0 aliphatic carbocycles. The molecule has 6 nitrogen and oxygen atoms in total. The van der Waals surface area contributed by atoms with Crippen LogP contribution in [0.3, 0.4) is 0 Å². The zero-order valence-electron chi connectivity index (χ0n) is 11.5. The van der Waals surface area contributed by atoms with Crippen LogP contribution in [0.25, 0.3) is 0 Å². The minimum Gasteiger partial charge on any atom is -0.355 e. The van der Waals surface area contributed by atoms with Crippen molar-refractivity contribution in [1.82, 2.24) is 10.6 Å². The molecule has 6 heteroatoms. The van der Waals surface area contributed by atoms with Gasteiger partial charge in [0.1, 0.15) is 0 Å².